The molecule has 0 fully saturated rings. The highest BCUT2D eigenvalue weighted by Gasteiger charge is 2.11. The van der Waals surface area contributed by atoms with Gasteiger partial charge in [0, 0.05) is 34.7 Å². The van der Waals surface area contributed by atoms with Gasteiger partial charge in [-0.2, -0.15) is 0 Å². The molecule has 0 amide bonds. The van der Waals surface area contributed by atoms with E-state index in [2.05, 4.69) is 20.2 Å². The largest absolute Gasteiger partial charge is 0.411 e. The summed E-state index contributed by atoms with van der Waals surface area (Å²) in [6, 6.07) is 9.96. The first-order valence-electron chi connectivity index (χ1n) is 7.35. The summed E-state index contributed by atoms with van der Waals surface area (Å²) in [5.41, 5.74) is 2.65. The third kappa shape index (κ3) is 3.75. The van der Waals surface area contributed by atoms with Crippen molar-refractivity contribution in [3.05, 3.63) is 65.7 Å². The predicted molar refractivity (Wildman–Crippen MR) is 94.6 cm³/mol. The smallest absolute Gasteiger partial charge is 0.277 e. The molecule has 0 radical (unpaired) electrons. The van der Waals surface area contributed by atoms with Crippen LogP contribution in [0.2, 0.25) is 0 Å². The molecule has 4 aromatic rings. The molecule has 25 heavy (non-hydrogen) atoms. The van der Waals surface area contributed by atoms with E-state index in [0.717, 1.165) is 21.8 Å². The number of aromatic nitrogens is 4. The maximum Gasteiger partial charge on any atom is 0.277 e. The molecule has 0 aliphatic carbocycles. The number of benzene rings is 1. The van der Waals surface area contributed by atoms with Gasteiger partial charge in [0.1, 0.15) is 10.8 Å². The van der Waals surface area contributed by atoms with E-state index in [4.69, 9.17) is 4.42 Å². The standard InChI is InChI=1S/C17H11FN4OS2/c18-13-3-1-12(2-4-13)16-20-14(9-24-16)10-25-17-22-21-15(23-17)11-5-7-19-8-6-11/h1-9H,10H2. The van der Waals surface area contributed by atoms with E-state index >= 15 is 0 Å². The Balaban J connectivity index is 1.42. The normalized spacial score (nSPS) is 10.9. The van der Waals surface area contributed by atoms with Crippen LogP contribution in [0.4, 0.5) is 4.39 Å². The molecule has 0 saturated carbocycles. The van der Waals surface area contributed by atoms with Gasteiger partial charge in [0.15, 0.2) is 0 Å². The van der Waals surface area contributed by atoms with E-state index in [9.17, 15) is 4.39 Å². The Morgan fingerprint density at radius 1 is 1.00 bits per heavy atom. The highest BCUT2D eigenvalue weighted by atomic mass is 32.2. The van der Waals surface area contributed by atoms with Gasteiger partial charge in [-0.1, -0.05) is 11.8 Å². The summed E-state index contributed by atoms with van der Waals surface area (Å²) < 4.78 is 18.6. The van der Waals surface area contributed by atoms with E-state index in [1.165, 1.54) is 35.2 Å². The van der Waals surface area contributed by atoms with Crippen molar-refractivity contribution in [3.8, 4) is 22.0 Å². The van der Waals surface area contributed by atoms with Crippen LogP contribution in [0, 0.1) is 5.82 Å². The molecule has 0 unspecified atom stereocenters. The first kappa shape index (κ1) is 15.9. The van der Waals surface area contributed by atoms with Gasteiger partial charge >= 0.3 is 0 Å². The molecular formula is C17H11FN4OS2. The number of hydrogen-bond donors (Lipinski definition) is 0. The fourth-order valence-corrected chi connectivity index (χ4v) is 3.70. The molecule has 124 valence electrons. The molecule has 0 saturated heterocycles. The Bertz CT molecular complexity index is 970. The third-order valence-corrected chi connectivity index (χ3v) is 5.11. The maximum atomic E-state index is 13.0. The van der Waals surface area contributed by atoms with Crippen molar-refractivity contribution in [2.45, 2.75) is 11.0 Å². The molecule has 3 aromatic heterocycles. The second-order valence-electron chi connectivity index (χ2n) is 5.05. The van der Waals surface area contributed by atoms with Crippen molar-refractivity contribution in [3.63, 3.8) is 0 Å². The first-order chi connectivity index (χ1) is 12.3. The Morgan fingerprint density at radius 2 is 1.80 bits per heavy atom. The number of halogens is 1. The number of pyridine rings is 1. The molecule has 0 spiro atoms. The van der Waals surface area contributed by atoms with Crippen molar-refractivity contribution in [1.82, 2.24) is 20.2 Å². The van der Waals surface area contributed by atoms with Gasteiger partial charge in [0.25, 0.3) is 5.22 Å². The fraction of sp³-hybridized carbons (Fsp3) is 0.0588. The number of hydrogen-bond acceptors (Lipinski definition) is 7. The summed E-state index contributed by atoms with van der Waals surface area (Å²) >= 11 is 2.95. The Hall–Kier alpha value is -2.58. The molecule has 0 aliphatic heterocycles. The maximum absolute atomic E-state index is 13.0. The Labute approximate surface area is 151 Å². The number of thioether (sulfide) groups is 1. The molecular weight excluding hydrogens is 359 g/mol. The third-order valence-electron chi connectivity index (χ3n) is 3.32. The Kier molecular flexibility index (Phi) is 4.53. The van der Waals surface area contributed by atoms with Gasteiger partial charge in [-0.15, -0.1) is 21.5 Å². The highest BCUT2D eigenvalue weighted by Crippen LogP contribution is 2.28. The van der Waals surface area contributed by atoms with Crippen LogP contribution in [0.3, 0.4) is 0 Å². The second-order valence-corrected chi connectivity index (χ2v) is 6.83. The zero-order valence-corrected chi connectivity index (χ0v) is 14.4. The molecule has 4 rings (SSSR count). The van der Waals surface area contributed by atoms with Gasteiger partial charge < -0.3 is 4.42 Å². The lowest BCUT2D eigenvalue weighted by Gasteiger charge is -1.95. The van der Waals surface area contributed by atoms with Crippen LogP contribution in [0.25, 0.3) is 22.0 Å². The van der Waals surface area contributed by atoms with Gasteiger partial charge in [0.05, 0.1) is 5.69 Å². The number of rotatable bonds is 5. The number of nitrogens with zero attached hydrogens (tertiary/aromatic N) is 4. The van der Waals surface area contributed by atoms with Crippen molar-refractivity contribution < 1.29 is 8.81 Å². The number of thiazole rings is 1. The monoisotopic (exact) mass is 370 g/mol. The first-order valence-corrected chi connectivity index (χ1v) is 9.21. The average Bonchev–Trinajstić information content (AvgIpc) is 3.31. The zero-order valence-electron chi connectivity index (χ0n) is 12.8. The topological polar surface area (TPSA) is 64.7 Å². The Morgan fingerprint density at radius 3 is 2.60 bits per heavy atom. The van der Waals surface area contributed by atoms with Crippen LogP contribution in [0.5, 0.6) is 0 Å². The zero-order chi connectivity index (χ0) is 17.1. The minimum absolute atomic E-state index is 0.252. The van der Waals surface area contributed by atoms with Crippen molar-refractivity contribution in [2.75, 3.05) is 0 Å². The molecule has 3 heterocycles. The predicted octanol–water partition coefficient (Wildman–Crippen LogP) is 4.69. The molecule has 8 heteroatoms. The summed E-state index contributed by atoms with van der Waals surface area (Å²) in [5, 5.41) is 11.4. The molecule has 0 N–H and O–H groups in total. The molecule has 1 aromatic carbocycles. The summed E-state index contributed by atoms with van der Waals surface area (Å²) in [5.74, 6) is 0.836. The fourth-order valence-electron chi connectivity index (χ4n) is 2.11. The average molecular weight is 370 g/mol. The highest BCUT2D eigenvalue weighted by molar-refractivity contribution is 7.98. The van der Waals surface area contributed by atoms with Gasteiger partial charge in [-0.05, 0) is 36.4 Å². The summed E-state index contributed by atoms with van der Waals surface area (Å²) in [7, 11) is 0. The van der Waals surface area contributed by atoms with Crippen LogP contribution in [0.15, 0.2) is 63.8 Å². The van der Waals surface area contributed by atoms with Crippen LogP contribution < -0.4 is 0 Å². The SMILES string of the molecule is Fc1ccc(-c2nc(CSc3nnc(-c4ccncc4)o3)cs2)cc1. The lowest BCUT2D eigenvalue weighted by Crippen LogP contribution is -1.82. The van der Waals surface area contributed by atoms with Crippen LogP contribution in [0.1, 0.15) is 5.69 Å². The van der Waals surface area contributed by atoms with E-state index in [-0.39, 0.29) is 5.82 Å². The summed E-state index contributed by atoms with van der Waals surface area (Å²) in [6.07, 6.45) is 3.36. The van der Waals surface area contributed by atoms with Crippen molar-refractivity contribution in [2.24, 2.45) is 0 Å². The molecule has 0 atom stereocenters. The second kappa shape index (κ2) is 7.12. The lowest BCUT2D eigenvalue weighted by atomic mass is 10.2. The molecule has 5 nitrogen and oxygen atoms in total. The summed E-state index contributed by atoms with van der Waals surface area (Å²) in [4.78, 5) is 8.53. The van der Waals surface area contributed by atoms with Crippen LogP contribution in [-0.4, -0.2) is 20.2 Å². The molecule has 0 bridgehead atoms. The van der Waals surface area contributed by atoms with Gasteiger partial charge in [-0.25, -0.2) is 9.37 Å². The van der Waals surface area contributed by atoms with Gasteiger partial charge in [-0.3, -0.25) is 4.98 Å². The van der Waals surface area contributed by atoms with E-state index in [0.29, 0.717) is 16.9 Å². The van der Waals surface area contributed by atoms with Gasteiger partial charge in [0.2, 0.25) is 5.89 Å². The van der Waals surface area contributed by atoms with Crippen molar-refractivity contribution in [1.29, 1.82) is 0 Å². The van der Waals surface area contributed by atoms with E-state index < -0.39 is 0 Å². The van der Waals surface area contributed by atoms with Crippen LogP contribution >= 0.6 is 23.1 Å². The molecule has 0 aliphatic rings. The van der Waals surface area contributed by atoms with E-state index in [1.807, 2.05) is 17.5 Å². The van der Waals surface area contributed by atoms with Crippen LogP contribution in [-0.2, 0) is 5.75 Å². The minimum atomic E-state index is -0.252. The van der Waals surface area contributed by atoms with Crippen molar-refractivity contribution >= 4 is 23.1 Å². The lowest BCUT2D eigenvalue weighted by molar-refractivity contribution is 0.465. The minimum Gasteiger partial charge on any atom is -0.411 e. The quantitative estimate of drug-likeness (QED) is 0.475. The van der Waals surface area contributed by atoms with E-state index in [1.54, 1.807) is 24.5 Å². The summed E-state index contributed by atoms with van der Waals surface area (Å²) in [6.45, 7) is 0.